The lowest BCUT2D eigenvalue weighted by Crippen LogP contribution is -2.68. The van der Waals surface area contributed by atoms with E-state index in [1.165, 1.54) is 6.92 Å². The number of halogens is 40. The van der Waals surface area contributed by atoms with Gasteiger partial charge in [-0.2, -0.15) is 167 Å². The number of esters is 7. The van der Waals surface area contributed by atoms with E-state index in [0.29, 0.717) is 6.92 Å². The summed E-state index contributed by atoms with van der Waals surface area (Å²) in [5.74, 6) is -19.4. The summed E-state index contributed by atoms with van der Waals surface area (Å²) in [7, 11) is 0. The summed E-state index contributed by atoms with van der Waals surface area (Å²) in [4.78, 5) is 75.8. The average Bonchev–Trinajstić information content (AvgIpc) is 0.727. The summed E-state index contributed by atoms with van der Waals surface area (Å²) in [6, 6.07) is 0. The molecular weight excluding hydrogens is 1570 g/mol. The molecule has 0 atom stereocenters. The van der Waals surface area contributed by atoms with Crippen molar-refractivity contribution >= 4 is 41.8 Å². The molecule has 0 aliphatic carbocycles. The van der Waals surface area contributed by atoms with Gasteiger partial charge in [0.1, 0.15) is 0 Å². The Morgan fingerprint density at radius 3 is 0.670 bits per heavy atom. The van der Waals surface area contributed by atoms with Crippen molar-refractivity contribution in [2.75, 3.05) is 19.8 Å². The van der Waals surface area contributed by atoms with E-state index in [-0.39, 0.29) is 5.57 Å². The maximum absolute atomic E-state index is 12.5. The van der Waals surface area contributed by atoms with Gasteiger partial charge < -0.3 is 33.2 Å². The van der Waals surface area contributed by atoms with Crippen LogP contribution in [0.4, 0.5) is 176 Å². The average molecular weight is 1640 g/mol. The van der Waals surface area contributed by atoms with Crippen LogP contribution in [0.15, 0.2) is 84.9 Å². The van der Waals surface area contributed by atoms with E-state index in [1.807, 2.05) is 0 Å². The lowest BCUT2D eigenvalue weighted by molar-refractivity contribution is -0.446. The van der Waals surface area contributed by atoms with E-state index in [1.54, 1.807) is 0 Å². The molecular formula is C49H44F40O14. The van der Waals surface area contributed by atoms with Gasteiger partial charge in [-0.1, -0.05) is 45.9 Å². The molecule has 103 heavy (non-hydrogen) atoms. The van der Waals surface area contributed by atoms with Crippen molar-refractivity contribution in [1.82, 2.24) is 0 Å². The Balaban J connectivity index is -0.000000258. The van der Waals surface area contributed by atoms with E-state index < -0.39 is 258 Å². The molecule has 0 rings (SSSR count). The van der Waals surface area contributed by atoms with Crippen molar-refractivity contribution in [3.8, 4) is 0 Å². The number of hydrogen-bond acceptors (Lipinski definition) is 14. The number of hydrogen-bond donors (Lipinski definition) is 0. The normalized spacial score (nSPS) is 15.9. The molecule has 0 unspecified atom stereocenters. The first-order valence-corrected chi connectivity index (χ1v) is 22.5. The molecule has 0 radical (unpaired) electrons. The number of alkyl halides is 40. The molecule has 0 bridgehead atoms. The predicted octanol–water partition coefficient (Wildman–Crippen LogP) is 17.6. The molecule has 14 nitrogen and oxygen atoms in total. The highest BCUT2D eigenvalue weighted by Gasteiger charge is 2.88. The first-order valence-electron chi connectivity index (χ1n) is 32.5. The molecule has 0 amide bonds. The largest absolute Gasteiger partial charge is 0.456 e. The maximum atomic E-state index is 12.5. The van der Waals surface area contributed by atoms with Crippen LogP contribution in [-0.4, -0.2) is 171 Å². The smallest absolute Gasteiger partial charge is 0.447 e. The van der Waals surface area contributed by atoms with Gasteiger partial charge in [-0.15, -0.1) is 0 Å². The highest BCUT2D eigenvalue weighted by molar-refractivity contribution is 5.89. The number of rotatable bonds is 16. The molecule has 0 N–H and O–H groups in total. The zero-order valence-corrected chi connectivity index (χ0v) is 48.3. The second-order valence-electron chi connectivity index (χ2n) is 16.7. The summed E-state index contributed by atoms with van der Waals surface area (Å²) in [5, 5.41) is 0. The zero-order chi connectivity index (χ0) is 102. The molecule has 0 saturated heterocycles. The second kappa shape index (κ2) is 39.5. The minimum atomic E-state index is -7.26. The van der Waals surface area contributed by atoms with E-state index in [2.05, 4.69) is 52.9 Å². The van der Waals surface area contributed by atoms with Crippen molar-refractivity contribution in [3.63, 3.8) is 0 Å². The molecule has 0 spiro atoms. The maximum Gasteiger partial charge on any atom is 0.447 e. The molecule has 0 aliphatic rings. The first-order chi connectivity index (χ1) is 53.0. The Bertz CT molecular complexity index is 3620. The number of carbonyl (C=O) groups excluding carboxylic acids is 7. The zero-order valence-electron chi connectivity index (χ0n) is 68.3. The van der Waals surface area contributed by atoms with Crippen molar-refractivity contribution < 1.29 is 270 Å². The van der Waals surface area contributed by atoms with Crippen molar-refractivity contribution in [3.05, 3.63) is 84.9 Å². The van der Waals surface area contributed by atoms with Crippen LogP contribution in [0, 0.1) is 0 Å². The fraction of sp³-hybridized carbons (Fsp3) is 0.571. The monoisotopic (exact) mass is 1640 g/mol. The minimum absolute atomic E-state index is 0.0470. The first kappa shape index (κ1) is 71.7. The van der Waals surface area contributed by atoms with E-state index >= 15 is 0 Å². The standard InChI is InChI=1S/2C8H5F9O2.2C7H6F6O2.C7H8F4O2.2C6H7F3O2/c2*1-3(2)4(18)19-5(6(9,10)11,7(12,13)14)8(15,16)17;2*1-3(2)4(14)15-5(6(8,9)10)7(11,12)13;1-4(2)5(12)13-3-7(10,11)6(8)9;2*1-4(2)5(10)11-3-6(7,8)9/h2*1H2,2H3;2*5H,1H2,2H3;6H,1,3H2,2H3;2*1,3H2,2H3/i1D2,2D3;;1D2,2D3;;2*1D2,2D3;. The fourth-order valence-corrected chi connectivity index (χ4v) is 3.53. The van der Waals surface area contributed by atoms with Gasteiger partial charge in [0, 0.05) is 55.5 Å². The number of ether oxygens (including phenoxy) is 7. The van der Waals surface area contributed by atoms with E-state index in [4.69, 9.17) is 27.4 Å². The van der Waals surface area contributed by atoms with Gasteiger partial charge in [-0.3, -0.25) is 0 Å². The van der Waals surface area contributed by atoms with Crippen molar-refractivity contribution in [1.29, 1.82) is 0 Å². The van der Waals surface area contributed by atoms with Crippen LogP contribution in [0.25, 0.3) is 0 Å². The molecule has 0 aromatic carbocycles. The SMILES string of the molecule is C=C(C)C(=O)OC(C(F)(F)F)(C(F)(F)F)C(F)(F)F.C=C(C)C(=O)OC(C(F)(F)F)C(F)(F)F.C=C(C)C(=O)OCC(F)(F)F.[2H]C([2H])=C(C(=O)OC(C(F)(F)F)(C(F)(F)F)C(F)(F)F)C([2H])([2H])[2H].[2H]C([2H])=C(C(=O)OC(C(F)(F)F)C(F)(F)F)C([2H])([2H])[2H].[2H]C([2H])=C(C(=O)OCC(F)(F)C(F)F)C([2H])([2H])[2H].[2H]C([2H])=C(C(=O)OCC(F)(F)F)C([2H])([2H])[2H]. The van der Waals surface area contributed by atoms with E-state index in [0.717, 1.165) is 6.92 Å². The summed E-state index contributed by atoms with van der Waals surface area (Å²) < 4.78 is 640. The van der Waals surface area contributed by atoms with Gasteiger partial charge in [-0.05, 0) is 48.2 Å². The van der Waals surface area contributed by atoms with Crippen LogP contribution in [0.1, 0.15) is 75.6 Å². The number of carbonyl (C=O) groups is 7. The molecule has 604 valence electrons. The molecule has 54 heteroatoms. The Kier molecular flexibility index (Phi) is 27.5. The molecule has 0 aliphatic heterocycles. The summed E-state index contributed by atoms with van der Waals surface area (Å²) >= 11 is 0. The Morgan fingerprint density at radius 2 is 0.495 bits per heavy atom. The van der Waals surface area contributed by atoms with Gasteiger partial charge in [0.15, 0.2) is 19.8 Å². The van der Waals surface area contributed by atoms with Crippen LogP contribution in [0.3, 0.4) is 0 Å². The second-order valence-corrected chi connectivity index (χ2v) is 16.7. The lowest BCUT2D eigenvalue weighted by atomic mass is 10.0. The molecule has 0 fully saturated rings. The van der Waals surface area contributed by atoms with Gasteiger partial charge >= 0.3 is 139 Å². The summed E-state index contributed by atoms with van der Waals surface area (Å²) in [6.45, 7) is -14.8. The van der Waals surface area contributed by atoms with Gasteiger partial charge in [0.25, 0.3) is 12.2 Å². The van der Waals surface area contributed by atoms with Gasteiger partial charge in [0.05, 0.1) is 11.0 Å². The quantitative estimate of drug-likeness (QED) is 0.0615. The third-order valence-corrected chi connectivity index (χ3v) is 7.84. The highest BCUT2D eigenvalue weighted by atomic mass is 19.5. The molecule has 0 saturated carbocycles. The van der Waals surface area contributed by atoms with Crippen LogP contribution >= 0.6 is 0 Å². The van der Waals surface area contributed by atoms with Crippen LogP contribution in [-0.2, 0) is 66.7 Å². The van der Waals surface area contributed by atoms with E-state index in [9.17, 15) is 209 Å². The minimum Gasteiger partial charge on any atom is -0.456 e. The third kappa shape index (κ3) is 40.4. The van der Waals surface area contributed by atoms with Crippen LogP contribution in [0.5, 0.6) is 0 Å². The summed E-state index contributed by atoms with van der Waals surface area (Å²) in [5.41, 5.74) is -22.4. The van der Waals surface area contributed by atoms with Crippen LogP contribution in [0.2, 0.25) is 0 Å². The van der Waals surface area contributed by atoms with Gasteiger partial charge in [0.2, 0.25) is 0 Å². The lowest BCUT2D eigenvalue weighted by Gasteiger charge is -2.37. The van der Waals surface area contributed by atoms with Gasteiger partial charge in [-0.25, -0.2) is 42.3 Å². The Morgan fingerprint density at radius 1 is 0.311 bits per heavy atom. The van der Waals surface area contributed by atoms with Crippen molar-refractivity contribution in [2.45, 2.75) is 158 Å². The molecule has 0 heterocycles. The predicted molar refractivity (Wildman–Crippen MR) is 258 cm³/mol. The fourth-order valence-electron chi connectivity index (χ4n) is 3.53. The highest BCUT2D eigenvalue weighted by Crippen LogP contribution is 2.56. The summed E-state index contributed by atoms with van der Waals surface area (Å²) in [6.07, 6.45) is -88.0. The van der Waals surface area contributed by atoms with Crippen LogP contribution < -0.4 is 0 Å². The third-order valence-electron chi connectivity index (χ3n) is 7.84. The molecule has 0 aromatic rings. The Hall–Kier alpha value is -8.33. The topological polar surface area (TPSA) is 184 Å². The Labute approximate surface area is 575 Å². The van der Waals surface area contributed by atoms with Crippen molar-refractivity contribution in [2.24, 2.45) is 0 Å². The molecule has 0 aromatic heterocycles.